The SMILES string of the molecule is CC(C)(C)c1ccc2oc(-c3ccccc3N)cc2c1. The largest absolute Gasteiger partial charge is 0.456 e. The Bertz CT molecular complexity index is 762. The zero-order chi connectivity index (χ0) is 14.3. The predicted octanol–water partition coefficient (Wildman–Crippen LogP) is 4.98. The minimum absolute atomic E-state index is 0.136. The summed E-state index contributed by atoms with van der Waals surface area (Å²) in [4.78, 5) is 0. The first-order valence-corrected chi connectivity index (χ1v) is 6.84. The van der Waals surface area contributed by atoms with Crippen LogP contribution >= 0.6 is 0 Å². The molecular weight excluding hydrogens is 246 g/mol. The van der Waals surface area contributed by atoms with Crippen LogP contribution in [0.2, 0.25) is 0 Å². The molecule has 0 spiro atoms. The van der Waals surface area contributed by atoms with Gasteiger partial charge in [-0.2, -0.15) is 0 Å². The number of furan rings is 1. The summed E-state index contributed by atoms with van der Waals surface area (Å²) in [6.07, 6.45) is 0. The molecule has 2 aromatic carbocycles. The van der Waals surface area contributed by atoms with Gasteiger partial charge in [0.15, 0.2) is 0 Å². The minimum Gasteiger partial charge on any atom is -0.456 e. The third-order valence-corrected chi connectivity index (χ3v) is 3.61. The van der Waals surface area contributed by atoms with Crippen molar-refractivity contribution in [1.82, 2.24) is 0 Å². The maximum atomic E-state index is 6.01. The van der Waals surface area contributed by atoms with Crippen molar-refractivity contribution >= 4 is 16.7 Å². The lowest BCUT2D eigenvalue weighted by Crippen LogP contribution is -2.10. The van der Waals surface area contributed by atoms with Gasteiger partial charge in [-0.15, -0.1) is 0 Å². The Kier molecular flexibility index (Phi) is 2.82. The van der Waals surface area contributed by atoms with Gasteiger partial charge < -0.3 is 10.2 Å². The molecule has 102 valence electrons. The van der Waals surface area contributed by atoms with E-state index in [0.717, 1.165) is 28.0 Å². The maximum absolute atomic E-state index is 6.01. The van der Waals surface area contributed by atoms with Gasteiger partial charge in [0, 0.05) is 16.6 Å². The van der Waals surface area contributed by atoms with Crippen molar-refractivity contribution < 1.29 is 4.42 Å². The standard InChI is InChI=1S/C18H19NO/c1-18(2,3)13-8-9-16-12(10-13)11-17(20-16)14-6-4-5-7-15(14)19/h4-11H,19H2,1-3H3. The molecule has 0 aliphatic rings. The Morgan fingerprint density at radius 3 is 2.40 bits per heavy atom. The fourth-order valence-corrected chi connectivity index (χ4v) is 2.36. The fourth-order valence-electron chi connectivity index (χ4n) is 2.36. The van der Waals surface area contributed by atoms with Crippen molar-refractivity contribution in [3.05, 3.63) is 54.1 Å². The molecule has 0 aliphatic carbocycles. The van der Waals surface area contributed by atoms with Gasteiger partial charge in [0.05, 0.1) is 0 Å². The third kappa shape index (κ3) is 2.18. The molecule has 0 aliphatic heterocycles. The summed E-state index contributed by atoms with van der Waals surface area (Å²) in [5.74, 6) is 0.823. The molecule has 0 atom stereocenters. The zero-order valence-corrected chi connectivity index (χ0v) is 12.1. The normalized spacial score (nSPS) is 11.9. The van der Waals surface area contributed by atoms with E-state index in [1.807, 2.05) is 30.3 Å². The lowest BCUT2D eigenvalue weighted by atomic mass is 9.86. The van der Waals surface area contributed by atoms with Gasteiger partial charge in [0.1, 0.15) is 11.3 Å². The Hall–Kier alpha value is -2.22. The first-order chi connectivity index (χ1) is 9.45. The van der Waals surface area contributed by atoms with Crippen molar-refractivity contribution in [2.24, 2.45) is 0 Å². The lowest BCUT2D eigenvalue weighted by Gasteiger charge is -2.18. The highest BCUT2D eigenvalue weighted by atomic mass is 16.3. The van der Waals surface area contributed by atoms with Crippen LogP contribution in [0.3, 0.4) is 0 Å². The second kappa shape index (κ2) is 4.41. The quantitative estimate of drug-likeness (QED) is 0.630. The van der Waals surface area contributed by atoms with Crippen LogP contribution in [0.25, 0.3) is 22.3 Å². The molecule has 2 heteroatoms. The molecule has 0 radical (unpaired) electrons. The average Bonchev–Trinajstić information content (AvgIpc) is 2.80. The molecule has 0 saturated carbocycles. The van der Waals surface area contributed by atoms with E-state index < -0.39 is 0 Å². The van der Waals surface area contributed by atoms with E-state index in [0.29, 0.717) is 0 Å². The smallest absolute Gasteiger partial charge is 0.137 e. The molecule has 1 heterocycles. The monoisotopic (exact) mass is 265 g/mol. The van der Waals surface area contributed by atoms with Crippen LogP contribution in [-0.2, 0) is 5.41 Å². The van der Waals surface area contributed by atoms with Crippen LogP contribution in [0.4, 0.5) is 5.69 Å². The number of anilines is 1. The maximum Gasteiger partial charge on any atom is 0.137 e. The van der Waals surface area contributed by atoms with Crippen molar-refractivity contribution in [2.45, 2.75) is 26.2 Å². The molecule has 0 unspecified atom stereocenters. The molecule has 0 amide bonds. The highest BCUT2D eigenvalue weighted by Gasteiger charge is 2.15. The molecule has 0 bridgehead atoms. The van der Waals surface area contributed by atoms with Gasteiger partial charge >= 0.3 is 0 Å². The average molecular weight is 265 g/mol. The second-order valence-electron chi connectivity index (χ2n) is 6.20. The van der Waals surface area contributed by atoms with Gasteiger partial charge in [-0.1, -0.05) is 39.0 Å². The van der Waals surface area contributed by atoms with Crippen LogP contribution in [-0.4, -0.2) is 0 Å². The molecule has 3 rings (SSSR count). The molecule has 1 aromatic heterocycles. The molecular formula is C18H19NO. The van der Waals surface area contributed by atoms with E-state index >= 15 is 0 Å². The summed E-state index contributed by atoms with van der Waals surface area (Å²) >= 11 is 0. The lowest BCUT2D eigenvalue weighted by molar-refractivity contribution is 0.590. The van der Waals surface area contributed by atoms with E-state index in [9.17, 15) is 0 Å². The van der Waals surface area contributed by atoms with Crippen molar-refractivity contribution in [2.75, 3.05) is 5.73 Å². The Morgan fingerprint density at radius 1 is 0.950 bits per heavy atom. The van der Waals surface area contributed by atoms with Crippen LogP contribution in [0, 0.1) is 0 Å². The van der Waals surface area contributed by atoms with Gasteiger partial charge in [-0.25, -0.2) is 0 Å². The molecule has 2 N–H and O–H groups in total. The van der Waals surface area contributed by atoms with Crippen molar-refractivity contribution in [3.63, 3.8) is 0 Å². The summed E-state index contributed by atoms with van der Waals surface area (Å²) < 4.78 is 5.92. The second-order valence-corrected chi connectivity index (χ2v) is 6.20. The van der Waals surface area contributed by atoms with Gasteiger partial charge in [-0.3, -0.25) is 0 Å². The number of benzene rings is 2. The predicted molar refractivity (Wildman–Crippen MR) is 84.8 cm³/mol. The molecule has 2 nitrogen and oxygen atoms in total. The van der Waals surface area contributed by atoms with Gasteiger partial charge in [0.25, 0.3) is 0 Å². The topological polar surface area (TPSA) is 39.2 Å². The molecule has 3 aromatic rings. The van der Waals surface area contributed by atoms with Crippen LogP contribution in [0.15, 0.2) is 52.9 Å². The van der Waals surface area contributed by atoms with E-state index in [-0.39, 0.29) is 5.41 Å². The first-order valence-electron chi connectivity index (χ1n) is 6.84. The molecule has 20 heavy (non-hydrogen) atoms. The van der Waals surface area contributed by atoms with Gasteiger partial charge in [-0.05, 0) is 41.3 Å². The Morgan fingerprint density at radius 2 is 1.70 bits per heavy atom. The first kappa shape index (κ1) is 12.8. The van der Waals surface area contributed by atoms with E-state index in [1.54, 1.807) is 0 Å². The van der Waals surface area contributed by atoms with Gasteiger partial charge in [0.2, 0.25) is 0 Å². The zero-order valence-electron chi connectivity index (χ0n) is 12.1. The number of nitrogen functional groups attached to an aromatic ring is 1. The number of fused-ring (bicyclic) bond motifs is 1. The number of para-hydroxylation sites is 1. The Labute approximate surface area is 119 Å². The Balaban J connectivity index is 2.14. The fraction of sp³-hybridized carbons (Fsp3) is 0.222. The number of hydrogen-bond acceptors (Lipinski definition) is 2. The number of nitrogens with two attached hydrogens (primary N) is 1. The summed E-state index contributed by atoms with van der Waals surface area (Å²) in [5.41, 5.74) is 10.0. The van der Waals surface area contributed by atoms with E-state index in [4.69, 9.17) is 10.2 Å². The van der Waals surface area contributed by atoms with E-state index in [2.05, 4.69) is 39.0 Å². The van der Waals surface area contributed by atoms with Crippen molar-refractivity contribution in [3.8, 4) is 11.3 Å². The van der Waals surface area contributed by atoms with Crippen LogP contribution in [0.5, 0.6) is 0 Å². The highest BCUT2D eigenvalue weighted by Crippen LogP contribution is 2.33. The van der Waals surface area contributed by atoms with Crippen LogP contribution < -0.4 is 5.73 Å². The van der Waals surface area contributed by atoms with E-state index in [1.165, 1.54) is 5.56 Å². The molecule has 0 fully saturated rings. The summed E-state index contributed by atoms with van der Waals surface area (Å²) in [6, 6.07) is 16.2. The number of rotatable bonds is 1. The van der Waals surface area contributed by atoms with Crippen LogP contribution in [0.1, 0.15) is 26.3 Å². The third-order valence-electron chi connectivity index (χ3n) is 3.61. The summed E-state index contributed by atoms with van der Waals surface area (Å²) in [6.45, 7) is 6.64. The highest BCUT2D eigenvalue weighted by molar-refractivity contribution is 5.86. The number of hydrogen-bond donors (Lipinski definition) is 1. The summed E-state index contributed by atoms with van der Waals surface area (Å²) in [7, 11) is 0. The minimum atomic E-state index is 0.136. The van der Waals surface area contributed by atoms with Crippen molar-refractivity contribution in [1.29, 1.82) is 0 Å². The summed E-state index contributed by atoms with van der Waals surface area (Å²) in [5, 5.41) is 1.12. The molecule has 0 saturated heterocycles.